The summed E-state index contributed by atoms with van der Waals surface area (Å²) in [7, 11) is 0. The first-order valence-electron chi connectivity index (χ1n) is 20.2. The van der Waals surface area contributed by atoms with Crippen LogP contribution >= 0.6 is 0 Å². The maximum atomic E-state index is 15.1. The number of benzene rings is 5. The van der Waals surface area contributed by atoms with Crippen LogP contribution in [0.15, 0.2) is 140 Å². The number of esters is 1. The second kappa shape index (κ2) is 16.5. The smallest absolute Gasteiger partial charge is 0.327 e. The van der Waals surface area contributed by atoms with Crippen LogP contribution in [-0.4, -0.2) is 76.7 Å². The standard InChI is InChI=1S/C48H45N3O9/c52-26-25-49-44(54)34-19-11-13-31(27-34)29-50-46(56)47-28-39-40-41(59-48(58-40,36-20-3-1-4-21-36)37-22-5-2-6-23-37)43(47)60-51(42(47)45(55)57-39)30-35-16-8-7-14-32(35)17-12-18-33-15-9-10-24-38(33)53/h1-17,19-24,27,39-43,52-53H,18,25-26,28-30H2,(H,49,54)(H,50,56). The van der Waals surface area contributed by atoms with Gasteiger partial charge in [-0.05, 0) is 46.9 Å². The van der Waals surface area contributed by atoms with Gasteiger partial charge in [-0.1, -0.05) is 127 Å². The van der Waals surface area contributed by atoms with Gasteiger partial charge in [0, 0.05) is 36.2 Å². The Hall–Kier alpha value is -6.15. The molecule has 0 radical (unpaired) electrons. The lowest BCUT2D eigenvalue weighted by Gasteiger charge is -2.48. The molecule has 4 N–H and O–H groups in total. The number of carbonyl (C=O) groups is 3. The first kappa shape index (κ1) is 39.3. The molecule has 5 aromatic rings. The number of phenols is 1. The first-order valence-corrected chi connectivity index (χ1v) is 20.2. The van der Waals surface area contributed by atoms with Gasteiger partial charge < -0.3 is 35.1 Å². The minimum absolute atomic E-state index is 0.0644. The van der Waals surface area contributed by atoms with Gasteiger partial charge in [0.15, 0.2) is 6.04 Å². The third-order valence-electron chi connectivity index (χ3n) is 11.9. The van der Waals surface area contributed by atoms with E-state index in [1.165, 1.54) is 0 Å². The Balaban J connectivity index is 1.07. The predicted octanol–water partition coefficient (Wildman–Crippen LogP) is 5.17. The maximum Gasteiger partial charge on any atom is 0.327 e. The molecule has 306 valence electrons. The van der Waals surface area contributed by atoms with Crippen molar-refractivity contribution in [3.8, 4) is 5.75 Å². The number of nitrogens with zero attached hydrogens (tertiary/aromatic N) is 1. The molecule has 12 heteroatoms. The van der Waals surface area contributed by atoms with Crippen molar-refractivity contribution in [1.82, 2.24) is 15.7 Å². The van der Waals surface area contributed by atoms with E-state index in [4.69, 9.17) is 19.0 Å². The van der Waals surface area contributed by atoms with Crippen molar-refractivity contribution in [2.24, 2.45) is 5.41 Å². The van der Waals surface area contributed by atoms with Crippen molar-refractivity contribution in [1.29, 1.82) is 0 Å². The van der Waals surface area contributed by atoms with Gasteiger partial charge >= 0.3 is 5.97 Å². The van der Waals surface area contributed by atoms with Crippen LogP contribution < -0.4 is 10.6 Å². The fraction of sp³-hybridized carbons (Fsp3) is 0.271. The number of rotatable bonds is 13. The SMILES string of the molecule is O=C(NCCO)c1cccc(CNC(=O)C23CC4OC(=O)C2N(Cc2ccccc2C=CCc2ccccc2O)OC3C2OC(c3ccccc3)(c3ccccc3)OC42)c1. The summed E-state index contributed by atoms with van der Waals surface area (Å²) in [6.07, 6.45) is 1.14. The molecule has 60 heavy (non-hydrogen) atoms. The molecule has 9 rings (SSSR count). The molecule has 6 atom stereocenters. The van der Waals surface area contributed by atoms with E-state index >= 15 is 4.79 Å². The van der Waals surface area contributed by atoms with Crippen LogP contribution in [0.3, 0.4) is 0 Å². The van der Waals surface area contributed by atoms with E-state index in [1.54, 1.807) is 41.5 Å². The number of para-hydroxylation sites is 1. The van der Waals surface area contributed by atoms with E-state index in [2.05, 4.69) is 10.6 Å². The van der Waals surface area contributed by atoms with E-state index in [0.29, 0.717) is 17.5 Å². The lowest BCUT2D eigenvalue weighted by atomic mass is 9.62. The number of aromatic hydroxyl groups is 1. The number of aliphatic hydroxyl groups excluding tert-OH is 1. The summed E-state index contributed by atoms with van der Waals surface area (Å²) in [4.78, 5) is 49.1. The zero-order valence-corrected chi connectivity index (χ0v) is 32.7. The van der Waals surface area contributed by atoms with Crippen molar-refractivity contribution < 1.29 is 43.6 Å². The molecule has 3 saturated heterocycles. The molecule has 4 aliphatic rings. The molecule has 0 aromatic heterocycles. The first-order chi connectivity index (χ1) is 29.3. The van der Waals surface area contributed by atoms with E-state index in [-0.39, 0.29) is 44.3 Å². The van der Waals surface area contributed by atoms with Gasteiger partial charge in [-0.3, -0.25) is 19.2 Å². The fourth-order valence-electron chi connectivity index (χ4n) is 9.13. The van der Waals surface area contributed by atoms with Gasteiger partial charge in [0.1, 0.15) is 35.6 Å². The third-order valence-corrected chi connectivity index (χ3v) is 11.9. The van der Waals surface area contributed by atoms with E-state index in [0.717, 1.165) is 27.8 Å². The van der Waals surface area contributed by atoms with Crippen molar-refractivity contribution in [2.45, 2.75) is 62.2 Å². The van der Waals surface area contributed by atoms with Gasteiger partial charge in [0.05, 0.1) is 13.2 Å². The van der Waals surface area contributed by atoms with Gasteiger partial charge in [0.25, 0.3) is 5.91 Å². The summed E-state index contributed by atoms with van der Waals surface area (Å²) in [6.45, 7) is 0.125. The zero-order valence-electron chi connectivity index (χ0n) is 32.7. The van der Waals surface area contributed by atoms with Crippen LogP contribution in [0.2, 0.25) is 0 Å². The number of fused-ring (bicyclic) bond motifs is 4. The highest BCUT2D eigenvalue weighted by Gasteiger charge is 2.76. The van der Waals surface area contributed by atoms with Crippen LogP contribution in [0.5, 0.6) is 5.75 Å². The number of phenolic OH excluding ortho intramolecular Hbond substituents is 1. The fourth-order valence-corrected chi connectivity index (χ4v) is 9.13. The van der Waals surface area contributed by atoms with Crippen LogP contribution in [0.4, 0.5) is 0 Å². The lowest BCUT2D eigenvalue weighted by molar-refractivity contribution is -0.213. The van der Waals surface area contributed by atoms with Gasteiger partial charge in [0.2, 0.25) is 11.7 Å². The van der Waals surface area contributed by atoms with Gasteiger partial charge in [-0.2, -0.15) is 5.06 Å². The summed E-state index contributed by atoms with van der Waals surface area (Å²) in [5.74, 6) is -2.53. The highest BCUT2D eigenvalue weighted by atomic mass is 16.8. The topological polar surface area (TPSA) is 156 Å². The molecular formula is C48H45N3O9. The lowest BCUT2D eigenvalue weighted by Crippen LogP contribution is -2.69. The molecule has 2 amide bonds. The highest BCUT2D eigenvalue weighted by Crippen LogP contribution is 2.59. The Morgan fingerprint density at radius 3 is 2.22 bits per heavy atom. The zero-order chi connectivity index (χ0) is 41.3. The van der Waals surface area contributed by atoms with Crippen molar-refractivity contribution in [2.75, 3.05) is 13.2 Å². The monoisotopic (exact) mass is 807 g/mol. The summed E-state index contributed by atoms with van der Waals surface area (Å²) < 4.78 is 20.4. The van der Waals surface area contributed by atoms with Gasteiger partial charge in [-0.15, -0.1) is 0 Å². The summed E-state index contributed by atoms with van der Waals surface area (Å²) in [5, 5.41) is 26.8. The van der Waals surface area contributed by atoms with Crippen LogP contribution in [0.25, 0.3) is 6.08 Å². The molecule has 0 spiro atoms. The number of allylic oxidation sites excluding steroid dienone is 1. The minimum atomic E-state index is -1.46. The van der Waals surface area contributed by atoms with Crippen molar-refractivity contribution in [3.05, 3.63) is 178 Å². The van der Waals surface area contributed by atoms with Gasteiger partial charge in [-0.25, -0.2) is 0 Å². The second-order valence-corrected chi connectivity index (χ2v) is 15.5. The molecule has 4 fully saturated rings. The number of hydroxylamine groups is 2. The third kappa shape index (κ3) is 7.06. The number of amides is 2. The largest absolute Gasteiger partial charge is 0.508 e. The predicted molar refractivity (Wildman–Crippen MR) is 220 cm³/mol. The molecular weight excluding hydrogens is 763 g/mol. The normalized spacial score (nSPS) is 25.1. The molecule has 3 aliphatic heterocycles. The number of hydrogen-bond donors (Lipinski definition) is 4. The second-order valence-electron chi connectivity index (χ2n) is 15.5. The quantitative estimate of drug-likeness (QED) is 0.117. The molecule has 12 nitrogen and oxygen atoms in total. The summed E-state index contributed by atoms with van der Waals surface area (Å²) in [5.41, 5.74) is 3.58. The van der Waals surface area contributed by atoms with E-state index in [9.17, 15) is 19.8 Å². The highest BCUT2D eigenvalue weighted by molar-refractivity contribution is 5.95. The van der Waals surface area contributed by atoms with Crippen molar-refractivity contribution >= 4 is 23.9 Å². The Bertz CT molecular complexity index is 2370. The molecule has 5 aromatic carbocycles. The van der Waals surface area contributed by atoms with Crippen LogP contribution in [0.1, 0.15) is 50.2 Å². The van der Waals surface area contributed by atoms with Crippen molar-refractivity contribution in [3.63, 3.8) is 0 Å². The molecule has 3 heterocycles. The Labute approximate surface area is 347 Å². The van der Waals surface area contributed by atoms with Crippen LogP contribution in [0, 0.1) is 5.41 Å². The van der Waals surface area contributed by atoms with E-state index in [1.807, 2.05) is 109 Å². The molecule has 2 bridgehead atoms. The number of carbonyl (C=O) groups excluding carboxylic acids is 3. The average molecular weight is 808 g/mol. The minimum Gasteiger partial charge on any atom is -0.508 e. The van der Waals surface area contributed by atoms with E-state index < -0.39 is 53.5 Å². The number of hydrogen-bond acceptors (Lipinski definition) is 10. The summed E-state index contributed by atoms with van der Waals surface area (Å²) >= 11 is 0. The molecule has 1 saturated carbocycles. The molecule has 1 aliphatic carbocycles. The number of nitrogens with one attached hydrogen (secondary N) is 2. The molecule has 6 unspecified atom stereocenters. The number of aliphatic hydroxyl groups is 1. The Morgan fingerprint density at radius 1 is 0.800 bits per heavy atom. The Kier molecular flexibility index (Phi) is 10.8. The maximum absolute atomic E-state index is 15.1. The number of ether oxygens (including phenoxy) is 3. The van der Waals surface area contributed by atoms with Crippen LogP contribution in [-0.2, 0) is 53.9 Å². The summed E-state index contributed by atoms with van der Waals surface area (Å²) in [6, 6.07) is 39.9. The Morgan fingerprint density at radius 2 is 1.48 bits per heavy atom. The average Bonchev–Trinajstić information content (AvgIpc) is 3.86.